The van der Waals surface area contributed by atoms with Crippen molar-refractivity contribution in [3.05, 3.63) is 29.7 Å². The average molecular weight is 215 g/mol. The fraction of sp³-hybridized carbons (Fsp3) is 0.167. The van der Waals surface area contributed by atoms with Crippen LogP contribution in [0.5, 0.6) is 0 Å². The van der Waals surface area contributed by atoms with Crippen LogP contribution in [0.3, 0.4) is 0 Å². The van der Waals surface area contributed by atoms with Gasteiger partial charge in [-0.05, 0) is 18.2 Å². The van der Waals surface area contributed by atoms with Crippen molar-refractivity contribution in [1.29, 1.82) is 0 Å². The largest absolute Gasteiger partial charge is 0.459 e. The van der Waals surface area contributed by atoms with E-state index in [0.29, 0.717) is 17.0 Å². The van der Waals surface area contributed by atoms with Crippen molar-refractivity contribution in [2.24, 2.45) is 0 Å². The normalized spacial score (nSPS) is 9.62. The summed E-state index contributed by atoms with van der Waals surface area (Å²) in [6, 6.07) is 5.31. The Labute approximate surface area is 92.2 Å². The van der Waals surface area contributed by atoms with Crippen molar-refractivity contribution in [2.75, 3.05) is 7.11 Å². The molecule has 0 aliphatic carbocycles. The van der Waals surface area contributed by atoms with Gasteiger partial charge in [0.15, 0.2) is 11.5 Å². The number of carbonyl (C=O) groups excluding carboxylic acids is 1. The van der Waals surface area contributed by atoms with Crippen LogP contribution in [-0.4, -0.2) is 18.1 Å². The topological polar surface area (TPSA) is 52.3 Å². The highest BCUT2D eigenvalue weighted by Crippen LogP contribution is 2.15. The molecule has 0 bridgehead atoms. The second-order valence-corrected chi connectivity index (χ2v) is 3.16. The number of fused-ring (bicyclic) bond motifs is 1. The fourth-order valence-corrected chi connectivity index (χ4v) is 1.29. The molecule has 4 heteroatoms. The molecular formula is C12H9NO3. The van der Waals surface area contributed by atoms with Gasteiger partial charge in [-0.2, -0.15) is 0 Å². The number of nitrogens with zero attached hydrogens (tertiary/aromatic N) is 1. The minimum atomic E-state index is -0.559. The molecular weight excluding hydrogens is 206 g/mol. The Morgan fingerprint density at radius 2 is 2.31 bits per heavy atom. The highest BCUT2D eigenvalue weighted by molar-refractivity contribution is 5.89. The summed E-state index contributed by atoms with van der Waals surface area (Å²) in [5.41, 5.74) is 2.14. The first-order valence-electron chi connectivity index (χ1n) is 4.66. The quantitative estimate of drug-likeness (QED) is 0.495. The molecule has 0 spiro atoms. The van der Waals surface area contributed by atoms with Gasteiger partial charge >= 0.3 is 5.97 Å². The molecule has 0 fully saturated rings. The van der Waals surface area contributed by atoms with Gasteiger partial charge in [-0.25, -0.2) is 9.78 Å². The Morgan fingerprint density at radius 1 is 1.50 bits per heavy atom. The molecule has 0 radical (unpaired) electrons. The number of esters is 1. The lowest BCUT2D eigenvalue weighted by molar-refractivity contribution is -0.133. The van der Waals surface area contributed by atoms with E-state index in [1.807, 2.05) is 0 Å². The minimum absolute atomic E-state index is 0.559. The third-order valence-corrected chi connectivity index (χ3v) is 1.99. The Balaban J connectivity index is 2.38. The Morgan fingerprint density at radius 3 is 3.06 bits per heavy atom. The van der Waals surface area contributed by atoms with E-state index in [1.54, 1.807) is 25.1 Å². The molecule has 2 rings (SSSR count). The lowest BCUT2D eigenvalue weighted by Crippen LogP contribution is -1.94. The lowest BCUT2D eigenvalue weighted by Gasteiger charge is -1.89. The van der Waals surface area contributed by atoms with E-state index >= 15 is 0 Å². The van der Waals surface area contributed by atoms with Gasteiger partial charge in [-0.15, -0.1) is 0 Å². The summed E-state index contributed by atoms with van der Waals surface area (Å²) in [7, 11) is 1.29. The van der Waals surface area contributed by atoms with Crippen molar-refractivity contribution < 1.29 is 13.9 Å². The average Bonchev–Trinajstić information content (AvgIpc) is 2.65. The molecule has 0 unspecified atom stereocenters. The maximum Gasteiger partial charge on any atom is 0.384 e. The molecule has 80 valence electrons. The molecule has 2 aromatic rings. The smallest absolute Gasteiger partial charge is 0.384 e. The fourth-order valence-electron chi connectivity index (χ4n) is 1.29. The number of rotatable bonds is 0. The standard InChI is InChI=1S/C12H9NO3/c1-8-13-10-7-9(3-5-11(10)16-8)4-6-12(14)15-2/h3,5,7H,1-2H3. The first kappa shape index (κ1) is 10.2. The molecule has 1 heterocycles. The van der Waals surface area contributed by atoms with Gasteiger partial charge in [-0.1, -0.05) is 5.92 Å². The Hall–Kier alpha value is -2.28. The minimum Gasteiger partial charge on any atom is -0.459 e. The van der Waals surface area contributed by atoms with Gasteiger partial charge in [0.25, 0.3) is 0 Å². The second kappa shape index (κ2) is 4.07. The number of ether oxygens (including phenoxy) is 1. The molecule has 0 aliphatic heterocycles. The van der Waals surface area contributed by atoms with Crippen LogP contribution in [0.15, 0.2) is 22.6 Å². The first-order valence-corrected chi connectivity index (χ1v) is 4.66. The van der Waals surface area contributed by atoms with Crippen molar-refractivity contribution in [3.8, 4) is 11.8 Å². The number of methoxy groups -OCH3 is 1. The summed E-state index contributed by atoms with van der Waals surface area (Å²) in [5, 5.41) is 0. The summed E-state index contributed by atoms with van der Waals surface area (Å²) < 4.78 is 9.74. The number of hydrogen-bond donors (Lipinski definition) is 0. The molecule has 0 saturated carbocycles. The molecule has 0 amide bonds. The molecule has 16 heavy (non-hydrogen) atoms. The van der Waals surface area contributed by atoms with Crippen LogP contribution in [0.4, 0.5) is 0 Å². The predicted octanol–water partition coefficient (Wildman–Crippen LogP) is 1.66. The highest BCUT2D eigenvalue weighted by Gasteiger charge is 2.01. The van der Waals surface area contributed by atoms with Gasteiger partial charge < -0.3 is 9.15 Å². The number of hydrogen-bond acceptors (Lipinski definition) is 4. The summed E-state index contributed by atoms with van der Waals surface area (Å²) in [4.78, 5) is 15.0. The predicted molar refractivity (Wildman–Crippen MR) is 57.6 cm³/mol. The Kier molecular flexibility index (Phi) is 2.61. The lowest BCUT2D eigenvalue weighted by atomic mass is 10.2. The third-order valence-electron chi connectivity index (χ3n) is 1.99. The molecule has 0 N–H and O–H groups in total. The van der Waals surface area contributed by atoms with Crippen LogP contribution in [0.25, 0.3) is 11.1 Å². The van der Waals surface area contributed by atoms with Crippen LogP contribution >= 0.6 is 0 Å². The molecule has 0 saturated heterocycles. The van der Waals surface area contributed by atoms with E-state index in [9.17, 15) is 4.79 Å². The highest BCUT2D eigenvalue weighted by atomic mass is 16.5. The number of oxazole rings is 1. The molecule has 4 nitrogen and oxygen atoms in total. The SMILES string of the molecule is COC(=O)C#Cc1ccc2oc(C)nc2c1. The first-order chi connectivity index (χ1) is 7.69. The van der Waals surface area contributed by atoms with E-state index in [4.69, 9.17) is 4.42 Å². The summed E-state index contributed by atoms with van der Waals surface area (Å²) in [5.74, 6) is 5.09. The van der Waals surface area contributed by atoms with Crippen molar-refractivity contribution in [2.45, 2.75) is 6.92 Å². The van der Waals surface area contributed by atoms with Crippen LogP contribution < -0.4 is 0 Å². The second-order valence-electron chi connectivity index (χ2n) is 3.16. The van der Waals surface area contributed by atoms with Gasteiger partial charge in [0.1, 0.15) is 5.52 Å². The summed E-state index contributed by atoms with van der Waals surface area (Å²) in [6.07, 6.45) is 0. The maximum absolute atomic E-state index is 10.8. The molecule has 0 aliphatic rings. The van der Waals surface area contributed by atoms with Gasteiger partial charge in [0.2, 0.25) is 0 Å². The van der Waals surface area contributed by atoms with Crippen molar-refractivity contribution in [1.82, 2.24) is 4.98 Å². The summed E-state index contributed by atoms with van der Waals surface area (Å²) >= 11 is 0. The zero-order chi connectivity index (χ0) is 11.5. The van der Waals surface area contributed by atoms with Gasteiger partial charge in [0.05, 0.1) is 7.11 Å². The molecule has 1 aromatic carbocycles. The van der Waals surface area contributed by atoms with Crippen LogP contribution in [0.2, 0.25) is 0 Å². The summed E-state index contributed by atoms with van der Waals surface area (Å²) in [6.45, 7) is 1.78. The van der Waals surface area contributed by atoms with Gasteiger partial charge in [0, 0.05) is 18.4 Å². The van der Waals surface area contributed by atoms with E-state index in [0.717, 1.165) is 5.52 Å². The van der Waals surface area contributed by atoms with E-state index in [-0.39, 0.29) is 0 Å². The van der Waals surface area contributed by atoms with Gasteiger partial charge in [-0.3, -0.25) is 0 Å². The maximum atomic E-state index is 10.8. The Bertz CT molecular complexity index is 601. The number of aryl methyl sites for hydroxylation is 1. The number of benzene rings is 1. The zero-order valence-corrected chi connectivity index (χ0v) is 8.90. The van der Waals surface area contributed by atoms with E-state index in [1.165, 1.54) is 7.11 Å². The van der Waals surface area contributed by atoms with Crippen LogP contribution in [0, 0.1) is 18.8 Å². The molecule has 0 atom stereocenters. The van der Waals surface area contributed by atoms with Crippen LogP contribution in [-0.2, 0) is 9.53 Å². The zero-order valence-electron chi connectivity index (χ0n) is 8.90. The van der Waals surface area contributed by atoms with Crippen molar-refractivity contribution >= 4 is 17.1 Å². The monoisotopic (exact) mass is 215 g/mol. The third kappa shape index (κ3) is 2.04. The molecule has 1 aromatic heterocycles. The number of aromatic nitrogens is 1. The van der Waals surface area contributed by atoms with E-state index < -0.39 is 5.97 Å². The number of carbonyl (C=O) groups is 1. The van der Waals surface area contributed by atoms with E-state index in [2.05, 4.69) is 21.6 Å². The van der Waals surface area contributed by atoms with Crippen LogP contribution in [0.1, 0.15) is 11.5 Å². The van der Waals surface area contributed by atoms with Crippen molar-refractivity contribution in [3.63, 3.8) is 0 Å².